The number of rotatable bonds is 4. The molecule has 6 nitrogen and oxygen atoms in total. The average molecular weight is 486 g/mol. The number of para-hydroxylation sites is 1. The van der Waals surface area contributed by atoms with Gasteiger partial charge in [0.25, 0.3) is 5.91 Å². The Morgan fingerprint density at radius 1 is 1.14 bits per heavy atom. The highest BCUT2D eigenvalue weighted by molar-refractivity contribution is 6.10. The molecule has 1 aliphatic heterocycles. The Kier molecular flexibility index (Phi) is 6.98. The van der Waals surface area contributed by atoms with Crippen molar-refractivity contribution in [3.05, 3.63) is 76.9 Å². The zero-order valence-corrected chi connectivity index (χ0v) is 20.3. The van der Waals surface area contributed by atoms with Gasteiger partial charge in [0.05, 0.1) is 12.1 Å². The molecule has 0 radical (unpaired) electrons. The maximum Gasteiger partial charge on any atom is 0.416 e. The molecule has 1 unspecified atom stereocenters. The largest absolute Gasteiger partial charge is 0.416 e. The van der Waals surface area contributed by atoms with Crippen molar-refractivity contribution in [1.29, 1.82) is 0 Å². The molecule has 35 heavy (non-hydrogen) atoms. The van der Waals surface area contributed by atoms with Gasteiger partial charge in [0.2, 0.25) is 0 Å². The lowest BCUT2D eigenvalue weighted by Crippen LogP contribution is -2.23. The summed E-state index contributed by atoms with van der Waals surface area (Å²) in [4.78, 5) is 14.1. The van der Waals surface area contributed by atoms with Gasteiger partial charge in [-0.15, -0.1) is 10.2 Å². The molecule has 1 aromatic heterocycles. The summed E-state index contributed by atoms with van der Waals surface area (Å²) < 4.78 is 42.5. The summed E-state index contributed by atoms with van der Waals surface area (Å²) in [5.74, 6) is 2.32. The van der Waals surface area contributed by atoms with E-state index in [1.165, 1.54) is 17.7 Å². The van der Waals surface area contributed by atoms with Gasteiger partial charge in [-0.05, 0) is 68.1 Å². The number of nitrogens with zero attached hydrogens (tertiary/aromatic N) is 4. The summed E-state index contributed by atoms with van der Waals surface area (Å²) >= 11 is 0. The average Bonchev–Trinajstić information content (AvgIpc) is 3.39. The van der Waals surface area contributed by atoms with Crippen molar-refractivity contribution in [1.82, 2.24) is 20.1 Å². The summed E-state index contributed by atoms with van der Waals surface area (Å²) in [5.41, 5.74) is 0.486. The fraction of sp³-hybridized carbons (Fsp3) is 0.423. The number of hydrogen-bond donors (Lipinski definition) is 1. The molecular formula is C26H30F3N5O. The molecular weight excluding hydrogens is 455 g/mol. The number of halogens is 3. The van der Waals surface area contributed by atoms with Crippen molar-refractivity contribution >= 4 is 11.6 Å². The van der Waals surface area contributed by atoms with E-state index in [0.717, 1.165) is 17.8 Å². The zero-order chi connectivity index (χ0) is 25.3. The van der Waals surface area contributed by atoms with Gasteiger partial charge in [0.1, 0.15) is 12.2 Å². The molecule has 2 aliphatic rings. The van der Waals surface area contributed by atoms with E-state index in [9.17, 15) is 18.0 Å². The third-order valence-electron chi connectivity index (χ3n) is 6.86. The van der Waals surface area contributed by atoms with Gasteiger partial charge in [-0.2, -0.15) is 13.2 Å². The first-order valence-corrected chi connectivity index (χ1v) is 11.7. The Balaban J connectivity index is 0.000000218. The Labute approximate surface area is 203 Å². The molecule has 9 heteroatoms. The minimum Gasteiger partial charge on any atom is -0.320 e. The van der Waals surface area contributed by atoms with E-state index in [1.54, 1.807) is 56.7 Å². The molecule has 0 spiro atoms. The lowest BCUT2D eigenvalue weighted by atomic mass is 9.76. The summed E-state index contributed by atoms with van der Waals surface area (Å²) in [6.07, 6.45) is -0.155. The predicted octanol–water partition coefficient (Wildman–Crippen LogP) is 5.47. The van der Waals surface area contributed by atoms with Gasteiger partial charge >= 0.3 is 6.18 Å². The number of nitrogens with one attached hydrogen (secondary N) is 1. The van der Waals surface area contributed by atoms with Crippen molar-refractivity contribution < 1.29 is 18.0 Å². The van der Waals surface area contributed by atoms with E-state index in [2.05, 4.69) is 22.4 Å². The number of aromatic nitrogens is 3. The highest BCUT2D eigenvalue weighted by atomic mass is 19.4. The number of aryl methyl sites for hydroxylation is 1. The van der Waals surface area contributed by atoms with E-state index in [4.69, 9.17) is 0 Å². The molecule has 0 bridgehead atoms. The van der Waals surface area contributed by atoms with Crippen LogP contribution in [0.25, 0.3) is 0 Å². The molecule has 1 fully saturated rings. The van der Waals surface area contributed by atoms with Crippen LogP contribution in [0.1, 0.15) is 71.5 Å². The highest BCUT2D eigenvalue weighted by Crippen LogP contribution is 2.41. The van der Waals surface area contributed by atoms with Gasteiger partial charge in [-0.3, -0.25) is 4.79 Å². The summed E-state index contributed by atoms with van der Waals surface area (Å²) in [7, 11) is 3.68. The number of benzene rings is 2. The Hall–Kier alpha value is -3.20. The van der Waals surface area contributed by atoms with Gasteiger partial charge in [-0.25, -0.2) is 0 Å². The van der Waals surface area contributed by atoms with Crippen LogP contribution in [0, 0.1) is 5.92 Å². The lowest BCUT2D eigenvalue weighted by molar-refractivity contribution is -0.138. The van der Waals surface area contributed by atoms with Crippen LogP contribution >= 0.6 is 0 Å². The van der Waals surface area contributed by atoms with Gasteiger partial charge in [0.15, 0.2) is 0 Å². The number of fused-ring (bicyclic) bond motifs is 1. The SMILES string of the molecule is CC1CC(c2nncn2C)C1.CNC(C)c1cc2c(c(C(F)(F)F)c1)CN(c1ccccc1)C2=O. The summed E-state index contributed by atoms with van der Waals surface area (Å²) in [6.45, 7) is 3.98. The quantitative estimate of drug-likeness (QED) is 0.532. The standard InChI is InChI=1S/C18H17F3N2O.C8H13N3/c1-11(22-2)12-8-14-15(16(9-12)18(19,20)21)10-23(17(14)24)13-6-4-3-5-7-13;1-6-3-7(4-6)8-10-9-5-11(8)2/h3-9,11,22H,10H2,1-2H3;5-7H,3-4H2,1-2H3. The van der Waals surface area contributed by atoms with Gasteiger partial charge in [0, 0.05) is 30.3 Å². The first kappa shape index (κ1) is 24.9. The fourth-order valence-corrected chi connectivity index (χ4v) is 4.69. The second-order valence-corrected chi connectivity index (χ2v) is 9.40. The Morgan fingerprint density at radius 3 is 2.37 bits per heavy atom. The molecule has 2 aromatic carbocycles. The Morgan fingerprint density at radius 2 is 1.83 bits per heavy atom. The van der Waals surface area contributed by atoms with E-state index in [1.807, 2.05) is 11.6 Å². The second kappa shape index (κ2) is 9.81. The molecule has 1 atom stereocenters. The van der Waals surface area contributed by atoms with Crippen molar-refractivity contribution in [2.24, 2.45) is 13.0 Å². The summed E-state index contributed by atoms with van der Waals surface area (Å²) in [5, 5.41) is 10.9. The van der Waals surface area contributed by atoms with Crippen LogP contribution in [0.5, 0.6) is 0 Å². The molecule has 1 amide bonds. The number of carbonyl (C=O) groups is 1. The fourth-order valence-electron chi connectivity index (χ4n) is 4.69. The molecule has 186 valence electrons. The molecule has 1 N–H and O–H groups in total. The van der Waals surface area contributed by atoms with Crippen LogP contribution in [0.3, 0.4) is 0 Å². The predicted molar refractivity (Wildman–Crippen MR) is 128 cm³/mol. The third-order valence-corrected chi connectivity index (χ3v) is 6.86. The van der Waals surface area contributed by atoms with Gasteiger partial charge in [-0.1, -0.05) is 25.1 Å². The number of carbonyl (C=O) groups excluding carboxylic acids is 1. The van der Waals surface area contributed by atoms with E-state index in [0.29, 0.717) is 17.2 Å². The van der Waals surface area contributed by atoms with E-state index < -0.39 is 17.6 Å². The molecule has 2 heterocycles. The van der Waals surface area contributed by atoms with Crippen LogP contribution in [-0.2, 0) is 19.8 Å². The maximum atomic E-state index is 13.5. The van der Waals surface area contributed by atoms with Crippen molar-refractivity contribution in [3.8, 4) is 0 Å². The maximum absolute atomic E-state index is 13.5. The van der Waals surface area contributed by atoms with Crippen LogP contribution in [0.4, 0.5) is 18.9 Å². The van der Waals surface area contributed by atoms with Crippen molar-refractivity contribution in [3.63, 3.8) is 0 Å². The minimum absolute atomic E-state index is 0.0448. The molecule has 5 rings (SSSR count). The van der Waals surface area contributed by atoms with Gasteiger partial charge < -0.3 is 14.8 Å². The normalized spacial score (nSPS) is 20.1. The topological polar surface area (TPSA) is 63.1 Å². The first-order valence-electron chi connectivity index (χ1n) is 11.7. The first-order chi connectivity index (χ1) is 16.6. The minimum atomic E-state index is -4.50. The number of alkyl halides is 3. The third kappa shape index (κ3) is 5.10. The molecule has 3 aromatic rings. The smallest absolute Gasteiger partial charge is 0.320 e. The lowest BCUT2D eigenvalue weighted by Gasteiger charge is -2.31. The van der Waals surface area contributed by atoms with Crippen LogP contribution < -0.4 is 10.2 Å². The second-order valence-electron chi connectivity index (χ2n) is 9.40. The number of hydrogen-bond acceptors (Lipinski definition) is 4. The van der Waals surface area contributed by atoms with E-state index in [-0.39, 0.29) is 23.7 Å². The van der Waals surface area contributed by atoms with E-state index >= 15 is 0 Å². The van der Waals surface area contributed by atoms with Crippen LogP contribution in [-0.4, -0.2) is 27.7 Å². The molecule has 0 saturated heterocycles. The van der Waals surface area contributed by atoms with Crippen LogP contribution in [0.2, 0.25) is 0 Å². The van der Waals surface area contributed by atoms with Crippen molar-refractivity contribution in [2.75, 3.05) is 11.9 Å². The molecule has 1 saturated carbocycles. The Bertz CT molecular complexity index is 1190. The monoisotopic (exact) mass is 485 g/mol. The number of anilines is 1. The molecule has 1 aliphatic carbocycles. The number of amides is 1. The zero-order valence-electron chi connectivity index (χ0n) is 20.3. The van der Waals surface area contributed by atoms with Crippen molar-refractivity contribution in [2.45, 2.75) is 51.4 Å². The van der Waals surface area contributed by atoms with Crippen LogP contribution in [0.15, 0.2) is 48.8 Å². The highest BCUT2D eigenvalue weighted by Gasteiger charge is 2.40. The summed E-state index contributed by atoms with van der Waals surface area (Å²) in [6, 6.07) is 11.2.